The molecule has 0 atom stereocenters. The van der Waals surface area contributed by atoms with Crippen LogP contribution in [0.25, 0.3) is 11.0 Å². The summed E-state index contributed by atoms with van der Waals surface area (Å²) in [5.74, 6) is 0.927. The van der Waals surface area contributed by atoms with E-state index in [4.69, 9.17) is 0 Å². The smallest absolute Gasteiger partial charge is 0.269 e. The molecule has 2 aromatic carbocycles. The van der Waals surface area contributed by atoms with Gasteiger partial charge >= 0.3 is 0 Å². The molecule has 2 aliphatic heterocycles. The van der Waals surface area contributed by atoms with Crippen LogP contribution in [0.15, 0.2) is 52.3 Å². The van der Waals surface area contributed by atoms with Gasteiger partial charge in [-0.25, -0.2) is 4.98 Å². The molecule has 1 saturated heterocycles. The minimum atomic E-state index is -0.0326. The Kier molecular flexibility index (Phi) is 6.62. The molecule has 1 aromatic heterocycles. The second-order valence-corrected chi connectivity index (χ2v) is 10.2. The molecule has 33 heavy (non-hydrogen) atoms. The van der Waals surface area contributed by atoms with Crippen molar-refractivity contribution in [3.05, 3.63) is 69.6 Å². The number of likely N-dealkylation sites (tertiary alicyclic amines) is 1. The molecular weight excluding hydrogens is 432 g/mol. The van der Waals surface area contributed by atoms with Crippen molar-refractivity contribution in [2.75, 3.05) is 25.4 Å². The van der Waals surface area contributed by atoms with Crippen molar-refractivity contribution in [1.29, 1.82) is 0 Å². The zero-order valence-electron chi connectivity index (χ0n) is 19.0. The van der Waals surface area contributed by atoms with E-state index < -0.39 is 0 Å². The van der Waals surface area contributed by atoms with Crippen LogP contribution in [0.4, 0.5) is 0 Å². The average Bonchev–Trinajstić information content (AvgIpc) is 2.82. The first-order valence-electron chi connectivity index (χ1n) is 11.7. The molecule has 0 saturated carbocycles. The van der Waals surface area contributed by atoms with Crippen LogP contribution < -0.4 is 10.9 Å². The van der Waals surface area contributed by atoms with Gasteiger partial charge in [-0.15, -0.1) is 11.8 Å². The van der Waals surface area contributed by atoms with Crippen molar-refractivity contribution in [1.82, 2.24) is 19.8 Å². The van der Waals surface area contributed by atoms with Crippen LogP contribution >= 0.6 is 11.8 Å². The number of carbonyl (C=O) groups excluding carboxylic acids is 1. The van der Waals surface area contributed by atoms with E-state index in [0.29, 0.717) is 30.5 Å². The van der Waals surface area contributed by atoms with Crippen LogP contribution in [-0.2, 0) is 24.3 Å². The van der Waals surface area contributed by atoms with E-state index in [2.05, 4.69) is 39.5 Å². The highest BCUT2D eigenvalue weighted by molar-refractivity contribution is 8.00. The Morgan fingerprint density at radius 1 is 1.09 bits per heavy atom. The van der Waals surface area contributed by atoms with Crippen LogP contribution in [-0.4, -0.2) is 51.7 Å². The maximum Gasteiger partial charge on any atom is 0.269 e. The van der Waals surface area contributed by atoms with Gasteiger partial charge in [0.2, 0.25) is 0 Å². The Bertz CT molecular complexity index is 1230. The molecule has 5 rings (SSSR count). The Hall–Kier alpha value is -2.48. The first kappa shape index (κ1) is 22.3. The van der Waals surface area contributed by atoms with Crippen molar-refractivity contribution in [2.24, 2.45) is 0 Å². The van der Waals surface area contributed by atoms with Gasteiger partial charge in [-0.05, 0) is 67.7 Å². The highest BCUT2D eigenvalue weighted by Gasteiger charge is 2.20. The first-order chi connectivity index (χ1) is 16.0. The van der Waals surface area contributed by atoms with Gasteiger partial charge in [-0.2, -0.15) is 0 Å². The molecule has 1 fully saturated rings. The summed E-state index contributed by atoms with van der Waals surface area (Å²) >= 11 is 1.66. The third kappa shape index (κ3) is 5.21. The fourth-order valence-electron chi connectivity index (χ4n) is 4.81. The number of rotatable bonds is 6. The number of hydrogen-bond acceptors (Lipinski definition) is 6. The predicted octanol–water partition coefficient (Wildman–Crippen LogP) is 3.18. The molecule has 0 spiro atoms. The van der Waals surface area contributed by atoms with Gasteiger partial charge in [0, 0.05) is 37.0 Å². The molecule has 0 bridgehead atoms. The number of nitrogens with one attached hydrogen (secondary N) is 1. The molecule has 0 unspecified atom stereocenters. The Balaban J connectivity index is 1.13. The molecule has 3 heterocycles. The number of nitrogens with zero attached hydrogens (tertiary/aromatic N) is 3. The molecule has 1 N–H and O–H groups in total. The highest BCUT2D eigenvalue weighted by atomic mass is 32.2. The summed E-state index contributed by atoms with van der Waals surface area (Å²) in [6.07, 6.45) is 4.21. The van der Waals surface area contributed by atoms with Crippen LogP contribution in [0.3, 0.4) is 0 Å². The van der Waals surface area contributed by atoms with E-state index in [1.54, 1.807) is 11.8 Å². The van der Waals surface area contributed by atoms with Crippen molar-refractivity contribution < 1.29 is 4.79 Å². The van der Waals surface area contributed by atoms with E-state index in [1.807, 2.05) is 23.6 Å². The SMILES string of the molecule is Cc1ccc2ncc(=O)n(CCN3CCC(NCc4ccc5c(c4)CC(=O)CS5)CC3)c2c1. The van der Waals surface area contributed by atoms with Crippen LogP contribution in [0.5, 0.6) is 0 Å². The molecule has 172 valence electrons. The van der Waals surface area contributed by atoms with E-state index in [-0.39, 0.29) is 5.56 Å². The van der Waals surface area contributed by atoms with E-state index in [9.17, 15) is 9.59 Å². The summed E-state index contributed by atoms with van der Waals surface area (Å²) in [5, 5.41) is 3.71. The number of carbonyl (C=O) groups is 1. The molecule has 0 aliphatic carbocycles. The fraction of sp³-hybridized carbons (Fsp3) is 0.423. The lowest BCUT2D eigenvalue weighted by Crippen LogP contribution is -2.43. The summed E-state index contributed by atoms with van der Waals surface area (Å²) < 4.78 is 1.86. The van der Waals surface area contributed by atoms with Crippen molar-refractivity contribution in [3.8, 4) is 0 Å². The summed E-state index contributed by atoms with van der Waals surface area (Å²) in [6, 6.07) is 13.1. The molecule has 3 aromatic rings. The molecule has 0 radical (unpaired) electrons. The van der Waals surface area contributed by atoms with E-state index >= 15 is 0 Å². The normalized spacial score (nSPS) is 17.4. The third-order valence-electron chi connectivity index (χ3n) is 6.73. The number of piperidine rings is 1. The van der Waals surface area contributed by atoms with Crippen LogP contribution in [0.1, 0.15) is 29.5 Å². The maximum absolute atomic E-state index is 12.4. The molecular formula is C26H30N4O2S. The Morgan fingerprint density at radius 2 is 1.94 bits per heavy atom. The molecule has 0 amide bonds. The quantitative estimate of drug-likeness (QED) is 0.607. The average molecular weight is 463 g/mol. The van der Waals surface area contributed by atoms with Crippen LogP contribution in [0, 0.1) is 6.92 Å². The van der Waals surface area contributed by atoms with Gasteiger partial charge in [0.15, 0.2) is 0 Å². The third-order valence-corrected chi connectivity index (χ3v) is 7.90. The second-order valence-electron chi connectivity index (χ2n) is 9.18. The van der Waals surface area contributed by atoms with Gasteiger partial charge < -0.3 is 14.8 Å². The van der Waals surface area contributed by atoms with Crippen LogP contribution in [0.2, 0.25) is 0 Å². The second kappa shape index (κ2) is 9.79. The van der Waals surface area contributed by atoms with Gasteiger partial charge in [0.1, 0.15) is 5.78 Å². The minimum absolute atomic E-state index is 0.0326. The van der Waals surface area contributed by atoms with Gasteiger partial charge in [0.05, 0.1) is 23.0 Å². The largest absolute Gasteiger partial charge is 0.310 e. The highest BCUT2D eigenvalue weighted by Crippen LogP contribution is 2.29. The molecule has 2 aliphatic rings. The number of Topliss-reactive ketones (excluding diaryl/α,β-unsaturated/α-hetero) is 1. The topological polar surface area (TPSA) is 67.2 Å². The standard InChI is InChI=1S/C26H30N4O2S/c1-18-2-4-23-24(12-18)30(26(32)16-28-23)11-10-29-8-6-21(7-9-29)27-15-19-3-5-25-20(13-19)14-22(31)17-33-25/h2-5,12-13,16,21,27H,6-11,14-15,17H2,1H3. The maximum atomic E-state index is 12.4. The van der Waals surface area contributed by atoms with Gasteiger partial charge in [0.25, 0.3) is 5.56 Å². The number of aromatic nitrogens is 2. The monoisotopic (exact) mass is 462 g/mol. The fourth-order valence-corrected chi connectivity index (χ4v) is 5.71. The predicted molar refractivity (Wildman–Crippen MR) is 133 cm³/mol. The first-order valence-corrected chi connectivity index (χ1v) is 12.7. The lowest BCUT2D eigenvalue weighted by atomic mass is 10.0. The van der Waals surface area contributed by atoms with Crippen molar-refractivity contribution >= 4 is 28.6 Å². The zero-order chi connectivity index (χ0) is 22.8. The summed E-state index contributed by atoms with van der Waals surface area (Å²) in [4.78, 5) is 32.2. The Morgan fingerprint density at radius 3 is 2.79 bits per heavy atom. The number of aryl methyl sites for hydroxylation is 1. The lowest BCUT2D eigenvalue weighted by Gasteiger charge is -2.32. The minimum Gasteiger partial charge on any atom is -0.310 e. The van der Waals surface area contributed by atoms with E-state index in [0.717, 1.165) is 55.6 Å². The van der Waals surface area contributed by atoms with Gasteiger partial charge in [-0.1, -0.05) is 18.2 Å². The van der Waals surface area contributed by atoms with Gasteiger partial charge in [-0.3, -0.25) is 9.59 Å². The Labute approximate surface area is 198 Å². The summed E-state index contributed by atoms with van der Waals surface area (Å²) in [7, 11) is 0. The number of ketones is 1. The van der Waals surface area contributed by atoms with Crippen molar-refractivity contribution in [3.63, 3.8) is 0 Å². The number of thioether (sulfide) groups is 1. The molecule has 7 heteroatoms. The summed E-state index contributed by atoms with van der Waals surface area (Å²) in [5.41, 5.74) is 5.33. The van der Waals surface area contributed by atoms with Crippen molar-refractivity contribution in [2.45, 2.75) is 50.2 Å². The molecule has 6 nitrogen and oxygen atoms in total. The number of benzene rings is 2. The number of fused-ring (bicyclic) bond motifs is 2. The lowest BCUT2D eigenvalue weighted by molar-refractivity contribution is -0.116. The summed E-state index contributed by atoms with van der Waals surface area (Å²) in [6.45, 7) is 6.51. The number of hydrogen-bond donors (Lipinski definition) is 1. The zero-order valence-corrected chi connectivity index (χ0v) is 19.9. The van der Waals surface area contributed by atoms with E-state index in [1.165, 1.54) is 22.2 Å².